The number of thioether (sulfide) groups is 1. The van der Waals surface area contributed by atoms with E-state index in [1.807, 2.05) is 11.8 Å². The van der Waals surface area contributed by atoms with E-state index in [-0.39, 0.29) is 5.82 Å². The molecule has 0 unspecified atom stereocenters. The number of anilines is 1. The van der Waals surface area contributed by atoms with Crippen LogP contribution < -0.4 is 5.73 Å². The number of halogens is 1. The van der Waals surface area contributed by atoms with E-state index in [4.69, 9.17) is 5.73 Å². The fourth-order valence-corrected chi connectivity index (χ4v) is 2.63. The zero-order valence-corrected chi connectivity index (χ0v) is 11.4. The average molecular weight is 256 g/mol. The lowest BCUT2D eigenvalue weighted by Gasteiger charge is -2.17. The highest BCUT2D eigenvalue weighted by atomic mass is 32.2. The fraction of sp³-hybridized carbons (Fsp3) is 0.538. The van der Waals surface area contributed by atoms with Gasteiger partial charge in [0, 0.05) is 23.7 Å². The van der Waals surface area contributed by atoms with Crippen LogP contribution in [0.5, 0.6) is 0 Å². The molecule has 0 saturated carbocycles. The van der Waals surface area contributed by atoms with Gasteiger partial charge in [-0.05, 0) is 30.8 Å². The van der Waals surface area contributed by atoms with Gasteiger partial charge in [0.2, 0.25) is 0 Å². The third-order valence-corrected chi connectivity index (χ3v) is 3.80. The van der Waals surface area contributed by atoms with E-state index in [9.17, 15) is 4.39 Å². The zero-order valence-electron chi connectivity index (χ0n) is 10.6. The van der Waals surface area contributed by atoms with Gasteiger partial charge in [-0.1, -0.05) is 19.9 Å². The summed E-state index contributed by atoms with van der Waals surface area (Å²) in [6.07, 6.45) is 0. The number of rotatable bonds is 7. The Hall–Kier alpha value is -0.740. The van der Waals surface area contributed by atoms with Crippen LogP contribution in [0.4, 0.5) is 10.1 Å². The summed E-state index contributed by atoms with van der Waals surface area (Å²) in [6.45, 7) is 7.63. The number of hydrogen-bond donors (Lipinski definition) is 1. The predicted octanol–water partition coefficient (Wildman–Crippen LogP) is 2.98. The van der Waals surface area contributed by atoms with Gasteiger partial charge < -0.3 is 10.6 Å². The molecule has 0 amide bonds. The van der Waals surface area contributed by atoms with Crippen molar-refractivity contribution >= 4 is 17.4 Å². The summed E-state index contributed by atoms with van der Waals surface area (Å²) < 4.78 is 12.8. The molecule has 0 spiro atoms. The highest BCUT2D eigenvalue weighted by Gasteiger charge is 2.02. The molecule has 1 aromatic rings. The molecule has 1 aromatic carbocycles. The van der Waals surface area contributed by atoms with Crippen LogP contribution in [0.2, 0.25) is 0 Å². The molecule has 0 aliphatic heterocycles. The maximum atomic E-state index is 12.8. The fourth-order valence-electron chi connectivity index (χ4n) is 1.61. The Bertz CT molecular complexity index is 340. The highest BCUT2D eigenvalue weighted by molar-refractivity contribution is 7.98. The molecule has 0 aliphatic carbocycles. The van der Waals surface area contributed by atoms with E-state index in [0.29, 0.717) is 5.69 Å². The molecule has 1 rings (SSSR count). The highest BCUT2D eigenvalue weighted by Crippen LogP contribution is 2.19. The number of nitrogen functional groups attached to an aromatic ring is 1. The summed E-state index contributed by atoms with van der Waals surface area (Å²) in [5.74, 6) is 1.67. The van der Waals surface area contributed by atoms with Gasteiger partial charge in [-0.25, -0.2) is 4.39 Å². The zero-order chi connectivity index (χ0) is 12.7. The van der Waals surface area contributed by atoms with Crippen LogP contribution in [-0.4, -0.2) is 30.3 Å². The molecule has 0 bridgehead atoms. The molecular weight excluding hydrogens is 235 g/mol. The Morgan fingerprint density at radius 1 is 1.29 bits per heavy atom. The Morgan fingerprint density at radius 3 is 2.59 bits per heavy atom. The number of nitrogens with zero attached hydrogens (tertiary/aromatic N) is 1. The molecule has 0 atom stereocenters. The third kappa shape index (κ3) is 4.96. The minimum Gasteiger partial charge on any atom is -0.398 e. The molecule has 0 fully saturated rings. The summed E-state index contributed by atoms with van der Waals surface area (Å²) in [5.41, 5.74) is 7.33. The van der Waals surface area contributed by atoms with Crippen LogP contribution in [0.25, 0.3) is 0 Å². The van der Waals surface area contributed by atoms with Crippen LogP contribution in [0, 0.1) is 5.82 Å². The second-order valence-corrected chi connectivity index (χ2v) is 5.03. The SMILES string of the molecule is CCN(CC)CCSCc1ccc(F)cc1N. The van der Waals surface area contributed by atoms with Gasteiger partial charge in [-0.3, -0.25) is 0 Å². The molecule has 17 heavy (non-hydrogen) atoms. The number of benzene rings is 1. The first-order valence-corrected chi connectivity index (χ1v) is 7.16. The van der Waals surface area contributed by atoms with Crippen molar-refractivity contribution in [3.8, 4) is 0 Å². The summed E-state index contributed by atoms with van der Waals surface area (Å²) in [4.78, 5) is 2.39. The Labute approximate surface area is 107 Å². The van der Waals surface area contributed by atoms with Gasteiger partial charge in [0.25, 0.3) is 0 Å². The molecule has 4 heteroatoms. The second kappa shape index (κ2) is 7.56. The summed E-state index contributed by atoms with van der Waals surface area (Å²) in [7, 11) is 0. The topological polar surface area (TPSA) is 29.3 Å². The van der Waals surface area contributed by atoms with Gasteiger partial charge in [0.05, 0.1) is 0 Å². The van der Waals surface area contributed by atoms with Crippen LogP contribution in [0.15, 0.2) is 18.2 Å². The molecule has 96 valence electrons. The summed E-state index contributed by atoms with van der Waals surface area (Å²) in [5, 5.41) is 0. The normalized spacial score (nSPS) is 11.1. The number of hydrogen-bond acceptors (Lipinski definition) is 3. The van der Waals surface area contributed by atoms with E-state index in [1.165, 1.54) is 12.1 Å². The quantitative estimate of drug-likeness (QED) is 0.601. The van der Waals surface area contributed by atoms with Crippen LogP contribution >= 0.6 is 11.8 Å². The van der Waals surface area contributed by atoms with E-state index in [0.717, 1.165) is 36.7 Å². The lowest BCUT2D eigenvalue weighted by Crippen LogP contribution is -2.25. The summed E-state index contributed by atoms with van der Waals surface area (Å²) in [6, 6.07) is 4.63. The van der Waals surface area contributed by atoms with E-state index in [2.05, 4.69) is 18.7 Å². The molecule has 0 radical (unpaired) electrons. The summed E-state index contributed by atoms with van der Waals surface area (Å²) >= 11 is 1.84. The van der Waals surface area contributed by atoms with Gasteiger partial charge >= 0.3 is 0 Å². The van der Waals surface area contributed by atoms with Crippen molar-refractivity contribution < 1.29 is 4.39 Å². The monoisotopic (exact) mass is 256 g/mol. The van der Waals surface area contributed by atoms with Crippen molar-refractivity contribution in [2.75, 3.05) is 31.1 Å². The van der Waals surface area contributed by atoms with Gasteiger partial charge in [-0.2, -0.15) is 11.8 Å². The largest absolute Gasteiger partial charge is 0.398 e. The maximum absolute atomic E-state index is 12.8. The van der Waals surface area contributed by atoms with Crippen molar-refractivity contribution in [1.29, 1.82) is 0 Å². The Kier molecular flexibility index (Phi) is 6.37. The van der Waals surface area contributed by atoms with E-state index in [1.54, 1.807) is 6.07 Å². The van der Waals surface area contributed by atoms with Crippen molar-refractivity contribution in [2.45, 2.75) is 19.6 Å². The minimum atomic E-state index is -0.264. The first kappa shape index (κ1) is 14.3. The molecule has 2 nitrogen and oxygen atoms in total. The first-order chi connectivity index (χ1) is 8.17. The van der Waals surface area contributed by atoms with Gasteiger partial charge in [-0.15, -0.1) is 0 Å². The molecule has 0 saturated heterocycles. The van der Waals surface area contributed by atoms with Crippen LogP contribution in [0.1, 0.15) is 19.4 Å². The van der Waals surface area contributed by atoms with Gasteiger partial charge in [0.15, 0.2) is 0 Å². The second-order valence-electron chi connectivity index (χ2n) is 3.92. The smallest absolute Gasteiger partial charge is 0.125 e. The molecule has 0 aromatic heterocycles. The third-order valence-electron chi connectivity index (χ3n) is 2.81. The van der Waals surface area contributed by atoms with E-state index >= 15 is 0 Å². The van der Waals surface area contributed by atoms with Crippen molar-refractivity contribution in [2.24, 2.45) is 0 Å². The molecular formula is C13H21FN2S. The molecule has 2 N–H and O–H groups in total. The standard InChI is InChI=1S/C13H21FN2S/c1-3-16(4-2)7-8-17-10-11-5-6-12(14)9-13(11)15/h5-6,9H,3-4,7-8,10,15H2,1-2H3. The van der Waals surface area contributed by atoms with Crippen molar-refractivity contribution in [3.63, 3.8) is 0 Å². The molecule has 0 aliphatic rings. The predicted molar refractivity (Wildman–Crippen MR) is 74.8 cm³/mol. The van der Waals surface area contributed by atoms with Crippen LogP contribution in [-0.2, 0) is 5.75 Å². The Balaban J connectivity index is 2.31. The van der Waals surface area contributed by atoms with E-state index < -0.39 is 0 Å². The Morgan fingerprint density at radius 2 is 2.00 bits per heavy atom. The van der Waals surface area contributed by atoms with Crippen LogP contribution in [0.3, 0.4) is 0 Å². The van der Waals surface area contributed by atoms with Gasteiger partial charge in [0.1, 0.15) is 5.82 Å². The first-order valence-electron chi connectivity index (χ1n) is 6.01. The van der Waals surface area contributed by atoms with Crippen molar-refractivity contribution in [1.82, 2.24) is 4.90 Å². The van der Waals surface area contributed by atoms with Crippen molar-refractivity contribution in [3.05, 3.63) is 29.6 Å². The lowest BCUT2D eigenvalue weighted by molar-refractivity contribution is 0.324. The maximum Gasteiger partial charge on any atom is 0.125 e. The average Bonchev–Trinajstić information content (AvgIpc) is 2.32. The lowest BCUT2D eigenvalue weighted by atomic mass is 10.2. The minimum absolute atomic E-state index is 0.264. The molecule has 0 heterocycles. The number of nitrogens with two attached hydrogens (primary N) is 1.